The Hall–Kier alpha value is -1.16. The van der Waals surface area contributed by atoms with Gasteiger partial charge in [0.2, 0.25) is 0 Å². The van der Waals surface area contributed by atoms with Gasteiger partial charge >= 0.3 is 16.4 Å². The zero-order valence-corrected chi connectivity index (χ0v) is 39.6. The number of hydrogen-bond acceptors (Lipinski definition) is 11. The molecule has 0 radical (unpaired) electrons. The van der Waals surface area contributed by atoms with E-state index in [1.165, 1.54) is 148 Å². The highest BCUT2D eigenvalue weighted by Crippen LogP contribution is 2.26. The van der Waals surface area contributed by atoms with Crippen LogP contribution in [0.4, 0.5) is 0 Å². The molecule has 0 spiro atoms. The van der Waals surface area contributed by atoms with Gasteiger partial charge in [0.25, 0.3) is 0 Å². The molecule has 0 amide bonds. The SMILES string of the molecule is CCC/C=C\CCCCCCCCOCC(COC1OC(CO)C(O)C(OS(=O)(=O)O)C1O)OC(=O)CCCCCCCCCCCCCCCCCCCCCCCCC. The number of carbonyl (C=O) groups excluding carboxylic acids is 1. The molecule has 0 aromatic carbocycles. The quantitative estimate of drug-likeness (QED) is 0.0197. The Morgan fingerprint density at radius 1 is 0.607 bits per heavy atom. The fraction of sp³-hybridized carbons (Fsp3) is 0.938. The van der Waals surface area contributed by atoms with Crippen molar-refractivity contribution < 1.29 is 56.2 Å². The van der Waals surface area contributed by atoms with Gasteiger partial charge in [0, 0.05) is 13.0 Å². The van der Waals surface area contributed by atoms with E-state index < -0.39 is 59.8 Å². The lowest BCUT2D eigenvalue weighted by Gasteiger charge is -2.41. The number of ether oxygens (including phenoxy) is 4. The number of carbonyl (C=O) groups is 1. The number of aliphatic hydroxyl groups is 3. The molecule has 1 heterocycles. The zero-order chi connectivity index (χ0) is 44.7. The van der Waals surface area contributed by atoms with Crippen molar-refractivity contribution in [1.82, 2.24) is 0 Å². The van der Waals surface area contributed by atoms with Gasteiger partial charge < -0.3 is 34.3 Å². The highest BCUT2D eigenvalue weighted by Gasteiger charge is 2.48. The summed E-state index contributed by atoms with van der Waals surface area (Å²) < 4.78 is 59.1. The topological polar surface area (TPSA) is 178 Å². The first-order chi connectivity index (χ1) is 29.6. The highest BCUT2D eigenvalue weighted by atomic mass is 32.3. The van der Waals surface area contributed by atoms with Crippen molar-refractivity contribution in [2.45, 2.75) is 263 Å². The highest BCUT2D eigenvalue weighted by molar-refractivity contribution is 7.80. The Morgan fingerprint density at radius 3 is 1.54 bits per heavy atom. The second-order valence-electron chi connectivity index (χ2n) is 17.4. The van der Waals surface area contributed by atoms with E-state index in [9.17, 15) is 28.5 Å². The van der Waals surface area contributed by atoms with E-state index in [0.29, 0.717) is 13.0 Å². The summed E-state index contributed by atoms with van der Waals surface area (Å²) in [6.07, 6.45) is 35.5. The average Bonchev–Trinajstić information content (AvgIpc) is 3.23. The summed E-state index contributed by atoms with van der Waals surface area (Å²) in [4.78, 5) is 12.9. The third-order valence-electron chi connectivity index (χ3n) is 11.6. The fourth-order valence-electron chi connectivity index (χ4n) is 7.85. The normalized spacial score (nSPS) is 20.1. The van der Waals surface area contributed by atoms with Crippen LogP contribution in [0.15, 0.2) is 12.2 Å². The van der Waals surface area contributed by atoms with Crippen molar-refractivity contribution >= 4 is 16.4 Å². The summed E-state index contributed by atoms with van der Waals surface area (Å²) in [6.45, 7) is 3.96. The molecule has 0 aromatic heterocycles. The summed E-state index contributed by atoms with van der Waals surface area (Å²) in [6, 6.07) is 0. The molecule has 1 fully saturated rings. The molecule has 4 N–H and O–H groups in total. The van der Waals surface area contributed by atoms with E-state index in [-0.39, 0.29) is 19.6 Å². The predicted octanol–water partition coefficient (Wildman–Crippen LogP) is 11.0. The van der Waals surface area contributed by atoms with E-state index in [1.807, 2.05) is 0 Å². The van der Waals surface area contributed by atoms with Gasteiger partial charge in [0.15, 0.2) is 6.29 Å². The minimum Gasteiger partial charge on any atom is -0.457 e. The molecule has 13 heteroatoms. The van der Waals surface area contributed by atoms with Crippen molar-refractivity contribution in [1.29, 1.82) is 0 Å². The van der Waals surface area contributed by atoms with E-state index >= 15 is 0 Å². The van der Waals surface area contributed by atoms with Gasteiger partial charge in [-0.2, -0.15) is 8.42 Å². The minimum atomic E-state index is -5.06. The molecule has 6 unspecified atom stereocenters. The number of rotatable bonds is 44. The lowest BCUT2D eigenvalue weighted by atomic mass is 9.99. The molecule has 0 aromatic rings. The van der Waals surface area contributed by atoms with Crippen LogP contribution < -0.4 is 0 Å². The van der Waals surface area contributed by atoms with Gasteiger partial charge in [0.05, 0.1) is 19.8 Å². The Kier molecular flexibility index (Phi) is 38.3. The first kappa shape index (κ1) is 57.9. The molecule has 0 aliphatic carbocycles. The van der Waals surface area contributed by atoms with Crippen LogP contribution in [0.2, 0.25) is 0 Å². The van der Waals surface area contributed by atoms with Gasteiger partial charge in [-0.15, -0.1) is 0 Å². The second kappa shape index (κ2) is 40.4. The first-order valence-electron chi connectivity index (χ1n) is 24.9. The zero-order valence-electron chi connectivity index (χ0n) is 38.7. The third kappa shape index (κ3) is 33.9. The lowest BCUT2D eigenvalue weighted by Crippen LogP contribution is -2.60. The number of aliphatic hydroxyl groups excluding tert-OH is 3. The van der Waals surface area contributed by atoms with Gasteiger partial charge in [0.1, 0.15) is 30.5 Å². The predicted molar refractivity (Wildman–Crippen MR) is 244 cm³/mol. The van der Waals surface area contributed by atoms with Gasteiger partial charge in [-0.05, 0) is 32.1 Å². The maximum Gasteiger partial charge on any atom is 0.397 e. The van der Waals surface area contributed by atoms with E-state index in [2.05, 4.69) is 30.2 Å². The van der Waals surface area contributed by atoms with Gasteiger partial charge in [-0.1, -0.05) is 199 Å². The molecule has 6 atom stereocenters. The number of hydrogen-bond donors (Lipinski definition) is 4. The van der Waals surface area contributed by atoms with Crippen molar-refractivity contribution in [3.8, 4) is 0 Å². The standard InChI is InChI=1S/C48H92O12S/c1-3-5-7-9-11-13-15-16-17-18-19-20-21-22-23-24-25-26-27-29-31-33-35-37-44(50)58-42(40-56-38-36-34-32-30-28-14-12-10-8-6-4-2)41-57-48-46(52)47(60-61(53,54)55)45(51)43(39-49)59-48/h8,10,42-43,45-49,51-52H,3-7,9,11-41H2,1-2H3,(H,53,54,55)/b10-8-. The summed E-state index contributed by atoms with van der Waals surface area (Å²) in [5.41, 5.74) is 0. The monoisotopic (exact) mass is 893 g/mol. The molecule has 362 valence electrons. The third-order valence-corrected chi connectivity index (χ3v) is 12.1. The second-order valence-corrected chi connectivity index (χ2v) is 18.5. The first-order valence-corrected chi connectivity index (χ1v) is 26.3. The Balaban J connectivity index is 2.30. The lowest BCUT2D eigenvalue weighted by molar-refractivity contribution is -0.301. The average molecular weight is 893 g/mol. The minimum absolute atomic E-state index is 0.0368. The van der Waals surface area contributed by atoms with Crippen LogP contribution in [0.25, 0.3) is 0 Å². The van der Waals surface area contributed by atoms with Crippen LogP contribution in [0.5, 0.6) is 0 Å². The maximum atomic E-state index is 12.9. The van der Waals surface area contributed by atoms with Crippen molar-refractivity contribution in [3.05, 3.63) is 12.2 Å². The molecule has 12 nitrogen and oxygen atoms in total. The van der Waals surface area contributed by atoms with E-state index in [1.54, 1.807) is 0 Å². The van der Waals surface area contributed by atoms with Crippen LogP contribution in [0.3, 0.4) is 0 Å². The van der Waals surface area contributed by atoms with Crippen LogP contribution in [0.1, 0.15) is 226 Å². The molecule has 1 rings (SSSR count). The van der Waals surface area contributed by atoms with E-state index in [4.69, 9.17) is 23.5 Å². The fourth-order valence-corrected chi connectivity index (χ4v) is 8.36. The van der Waals surface area contributed by atoms with Crippen molar-refractivity contribution in [2.24, 2.45) is 0 Å². The molecule has 1 aliphatic heterocycles. The molecule has 61 heavy (non-hydrogen) atoms. The Morgan fingerprint density at radius 2 is 1.07 bits per heavy atom. The van der Waals surface area contributed by atoms with Crippen LogP contribution in [-0.2, 0) is 38.3 Å². The molecular formula is C48H92O12S. The van der Waals surface area contributed by atoms with Crippen LogP contribution in [0, 0.1) is 0 Å². The van der Waals surface area contributed by atoms with Gasteiger partial charge in [-0.25, -0.2) is 4.18 Å². The number of esters is 1. The molecular weight excluding hydrogens is 801 g/mol. The number of allylic oxidation sites excluding steroid dienone is 2. The Labute approximate surface area is 372 Å². The summed E-state index contributed by atoms with van der Waals surface area (Å²) in [7, 11) is -5.06. The molecule has 1 saturated heterocycles. The molecule has 1 aliphatic rings. The smallest absolute Gasteiger partial charge is 0.397 e. The Bertz CT molecular complexity index is 1120. The van der Waals surface area contributed by atoms with Crippen LogP contribution >= 0.6 is 0 Å². The summed E-state index contributed by atoms with van der Waals surface area (Å²) in [5.74, 6) is -0.397. The summed E-state index contributed by atoms with van der Waals surface area (Å²) >= 11 is 0. The molecule has 0 bridgehead atoms. The molecule has 0 saturated carbocycles. The largest absolute Gasteiger partial charge is 0.457 e. The van der Waals surface area contributed by atoms with Gasteiger partial charge in [-0.3, -0.25) is 9.35 Å². The summed E-state index contributed by atoms with van der Waals surface area (Å²) in [5, 5.41) is 30.7. The maximum absolute atomic E-state index is 12.9. The van der Waals surface area contributed by atoms with Crippen molar-refractivity contribution in [2.75, 3.05) is 26.4 Å². The van der Waals surface area contributed by atoms with Crippen LogP contribution in [-0.4, -0.2) is 97.5 Å². The van der Waals surface area contributed by atoms with E-state index in [0.717, 1.165) is 51.4 Å². The van der Waals surface area contributed by atoms with Crippen molar-refractivity contribution in [3.63, 3.8) is 0 Å². The number of unbranched alkanes of at least 4 members (excludes halogenated alkanes) is 29.